The van der Waals surface area contributed by atoms with E-state index in [0.29, 0.717) is 30.6 Å². The first-order chi connectivity index (χ1) is 16.5. The van der Waals surface area contributed by atoms with Crippen molar-refractivity contribution in [2.24, 2.45) is 5.92 Å². The van der Waals surface area contributed by atoms with Gasteiger partial charge in [-0.25, -0.2) is 4.98 Å². The van der Waals surface area contributed by atoms with Crippen molar-refractivity contribution in [1.82, 2.24) is 29.9 Å². The Hall–Kier alpha value is -2.58. The van der Waals surface area contributed by atoms with E-state index >= 15 is 0 Å². The molecule has 2 aromatic heterocycles. The highest BCUT2D eigenvalue weighted by Gasteiger charge is 2.55. The fourth-order valence-electron chi connectivity index (χ4n) is 5.01. The van der Waals surface area contributed by atoms with Gasteiger partial charge in [0.25, 0.3) is 0 Å². The molecule has 0 spiro atoms. The number of nitrogen functional groups attached to an aromatic ring is 1. The Balaban J connectivity index is 1.34. The van der Waals surface area contributed by atoms with Gasteiger partial charge in [-0.05, 0) is 40.5 Å². The molecule has 2 aliphatic rings. The summed E-state index contributed by atoms with van der Waals surface area (Å²) in [5.74, 6) is -0.347. The van der Waals surface area contributed by atoms with Gasteiger partial charge in [-0.1, -0.05) is 0 Å². The molecule has 1 unspecified atom stereocenters. The van der Waals surface area contributed by atoms with Crippen molar-refractivity contribution in [2.75, 3.05) is 25.5 Å². The van der Waals surface area contributed by atoms with Gasteiger partial charge in [0.05, 0.1) is 37.1 Å². The van der Waals surface area contributed by atoms with Crippen LogP contribution in [0, 0.1) is 5.92 Å². The van der Waals surface area contributed by atoms with Crippen molar-refractivity contribution in [3.63, 3.8) is 0 Å². The van der Waals surface area contributed by atoms with E-state index in [4.69, 9.17) is 15.2 Å². The number of imidazole rings is 1. The smallest absolute Gasteiger partial charge is 0.247 e. The Morgan fingerprint density at radius 1 is 1.34 bits per heavy atom. The van der Waals surface area contributed by atoms with Gasteiger partial charge in [0.15, 0.2) is 11.2 Å². The zero-order valence-electron chi connectivity index (χ0n) is 20.5. The number of ether oxygens (including phenoxy) is 2. The third kappa shape index (κ3) is 4.78. The minimum atomic E-state index is -0.801. The van der Waals surface area contributed by atoms with Crippen molar-refractivity contribution in [3.8, 4) is 5.88 Å². The summed E-state index contributed by atoms with van der Waals surface area (Å²) in [4.78, 5) is 25.4. The summed E-state index contributed by atoms with van der Waals surface area (Å²) in [6, 6.07) is 0. The molecule has 2 aliphatic heterocycles. The number of carbonyl (C=O) groups excluding carboxylic acids is 1. The normalized spacial score (nSPS) is 28.0. The number of aromatic nitrogens is 4. The summed E-state index contributed by atoms with van der Waals surface area (Å²) in [6.07, 6.45) is 0.742. The van der Waals surface area contributed by atoms with Gasteiger partial charge >= 0.3 is 0 Å². The quantitative estimate of drug-likeness (QED) is 0.371. The zero-order chi connectivity index (χ0) is 25.5. The van der Waals surface area contributed by atoms with Crippen LogP contribution in [-0.4, -0.2) is 83.7 Å². The van der Waals surface area contributed by atoms with Crippen LogP contribution in [0.15, 0.2) is 6.33 Å². The first-order valence-electron chi connectivity index (χ1n) is 11.8. The van der Waals surface area contributed by atoms with Crippen LogP contribution < -0.4 is 15.8 Å². The first kappa shape index (κ1) is 25.5. The molecular formula is C22H34N7O6. The van der Waals surface area contributed by atoms with E-state index in [1.807, 2.05) is 13.8 Å². The predicted molar refractivity (Wildman–Crippen MR) is 123 cm³/mol. The maximum Gasteiger partial charge on any atom is 0.247 e. The highest BCUT2D eigenvalue weighted by Crippen LogP contribution is 2.43. The van der Waals surface area contributed by atoms with Crippen molar-refractivity contribution in [2.45, 2.75) is 76.5 Å². The Morgan fingerprint density at radius 2 is 2.09 bits per heavy atom. The molecule has 1 amide bonds. The second-order valence-electron chi connectivity index (χ2n) is 10.3. The number of amides is 1. The number of aliphatic hydroxyl groups excluding tert-OH is 2. The topological polar surface area (TPSA) is 181 Å². The van der Waals surface area contributed by atoms with Gasteiger partial charge in [0.1, 0.15) is 12.3 Å². The van der Waals surface area contributed by atoms with E-state index in [9.17, 15) is 20.2 Å². The number of hydrogen-bond donors (Lipinski definition) is 4. The molecule has 0 aromatic carbocycles. The molecule has 13 heteroatoms. The second-order valence-corrected chi connectivity index (χ2v) is 10.3. The number of nitrogens with two attached hydrogens (primary N) is 1. The highest BCUT2D eigenvalue weighted by molar-refractivity contribution is 5.80. The van der Waals surface area contributed by atoms with Gasteiger partial charge in [-0.3, -0.25) is 9.36 Å². The molecule has 4 atom stereocenters. The molecule has 2 fully saturated rings. The molecule has 4 heterocycles. The van der Waals surface area contributed by atoms with Crippen LogP contribution in [0.5, 0.6) is 5.88 Å². The lowest BCUT2D eigenvalue weighted by Crippen LogP contribution is -2.49. The number of carbonyl (C=O) groups is 1. The van der Waals surface area contributed by atoms with E-state index in [1.165, 1.54) is 6.33 Å². The van der Waals surface area contributed by atoms with Gasteiger partial charge in [-0.2, -0.15) is 9.97 Å². The van der Waals surface area contributed by atoms with E-state index in [2.05, 4.69) is 20.3 Å². The number of fused-ring (bicyclic) bond motifs is 1. The number of anilines is 1. The monoisotopic (exact) mass is 492 g/mol. The lowest BCUT2D eigenvalue weighted by Gasteiger charge is -2.33. The Bertz CT molecular complexity index is 1070. The number of rotatable bonds is 8. The average Bonchev–Trinajstić information content (AvgIpc) is 3.42. The minimum absolute atomic E-state index is 0.00643. The highest BCUT2D eigenvalue weighted by atomic mass is 16.5. The SMILES string of the molecule is CC1(C)CC(C(=O)NCCCOc2nc(N)nc3c2ncn3[C@H]2C[C@H](O)[C@@H](CO)O2)C(C)(C)N1[O]. The van der Waals surface area contributed by atoms with Crippen LogP contribution in [0.25, 0.3) is 11.2 Å². The number of hydroxylamine groups is 2. The third-order valence-electron chi connectivity index (χ3n) is 6.91. The van der Waals surface area contributed by atoms with Gasteiger partial charge in [0.2, 0.25) is 17.7 Å². The number of nitrogens with one attached hydrogen (secondary N) is 1. The molecule has 4 rings (SSSR count). The molecule has 0 saturated carbocycles. The molecule has 0 bridgehead atoms. The fourth-order valence-corrected chi connectivity index (χ4v) is 5.01. The Kier molecular flexibility index (Phi) is 6.90. The van der Waals surface area contributed by atoms with E-state index in [0.717, 1.165) is 5.06 Å². The molecule has 0 aliphatic carbocycles. The number of aliphatic hydroxyl groups is 2. The van der Waals surface area contributed by atoms with Crippen molar-refractivity contribution < 1.29 is 29.7 Å². The number of nitrogens with zero attached hydrogens (tertiary/aromatic N) is 5. The maximum absolute atomic E-state index is 12.7. The lowest BCUT2D eigenvalue weighted by molar-refractivity contribution is -0.247. The molecule has 2 aromatic rings. The molecule has 193 valence electrons. The Labute approximate surface area is 203 Å². The largest absolute Gasteiger partial charge is 0.476 e. The summed E-state index contributed by atoms with van der Waals surface area (Å²) >= 11 is 0. The summed E-state index contributed by atoms with van der Waals surface area (Å²) in [6.45, 7) is 7.63. The molecule has 35 heavy (non-hydrogen) atoms. The molecule has 5 N–H and O–H groups in total. The zero-order valence-corrected chi connectivity index (χ0v) is 20.5. The molecular weight excluding hydrogens is 458 g/mol. The summed E-state index contributed by atoms with van der Waals surface area (Å²) in [5, 5.41) is 35.8. The van der Waals surface area contributed by atoms with Crippen LogP contribution in [0.2, 0.25) is 0 Å². The van der Waals surface area contributed by atoms with E-state index < -0.39 is 35.4 Å². The van der Waals surface area contributed by atoms with Crippen molar-refractivity contribution in [1.29, 1.82) is 0 Å². The molecule has 13 nitrogen and oxygen atoms in total. The van der Waals surface area contributed by atoms with Crippen LogP contribution in [0.3, 0.4) is 0 Å². The van der Waals surface area contributed by atoms with Crippen LogP contribution in [-0.2, 0) is 14.7 Å². The van der Waals surface area contributed by atoms with E-state index in [-0.39, 0.29) is 37.4 Å². The van der Waals surface area contributed by atoms with Gasteiger partial charge in [-0.15, -0.1) is 10.3 Å². The lowest BCUT2D eigenvalue weighted by atomic mass is 9.86. The molecule has 1 radical (unpaired) electrons. The first-order valence-corrected chi connectivity index (χ1v) is 11.8. The Morgan fingerprint density at radius 3 is 2.71 bits per heavy atom. The van der Waals surface area contributed by atoms with Crippen molar-refractivity contribution in [3.05, 3.63) is 6.33 Å². The maximum atomic E-state index is 12.7. The number of hydrogen-bond acceptors (Lipinski definition) is 10. The standard InChI is InChI=1S/C22H34N7O6/c1-21(2)9-12(22(3,4)29(21)33)18(32)24-6-5-7-34-19-16-17(26-20(23)27-19)28(11-25-16)15-8-13(31)14(10-30)35-15/h11-15,30-31H,5-10H2,1-4H3,(H,24,32)(H2,23,26,27)/t12?,13-,14+,15+/m0/s1. The third-order valence-corrected chi connectivity index (χ3v) is 6.91. The molecule has 2 saturated heterocycles. The van der Waals surface area contributed by atoms with Gasteiger partial charge < -0.3 is 30.7 Å². The van der Waals surface area contributed by atoms with Crippen molar-refractivity contribution >= 4 is 23.0 Å². The predicted octanol–water partition coefficient (Wildman–Crippen LogP) is 0.159. The summed E-state index contributed by atoms with van der Waals surface area (Å²) < 4.78 is 13.1. The summed E-state index contributed by atoms with van der Waals surface area (Å²) in [5.41, 5.74) is 5.29. The average molecular weight is 493 g/mol. The summed E-state index contributed by atoms with van der Waals surface area (Å²) in [7, 11) is 0. The fraction of sp³-hybridized carbons (Fsp3) is 0.727. The van der Waals surface area contributed by atoms with Crippen LogP contribution in [0.1, 0.15) is 53.2 Å². The van der Waals surface area contributed by atoms with Crippen LogP contribution in [0.4, 0.5) is 5.95 Å². The minimum Gasteiger partial charge on any atom is -0.476 e. The second kappa shape index (κ2) is 9.47. The van der Waals surface area contributed by atoms with Crippen LogP contribution >= 0.6 is 0 Å². The van der Waals surface area contributed by atoms with Gasteiger partial charge in [0, 0.05) is 18.5 Å². The van der Waals surface area contributed by atoms with E-state index in [1.54, 1.807) is 18.4 Å².